The van der Waals surface area contributed by atoms with Gasteiger partial charge in [0.25, 0.3) is 9.70 Å². The standard InChI is InChI=1S/2C23H17NO2.C4H6Cl3NO.C2H7N/c2*1-12-3-5-14-9-15-10-19-21(11-17(15)22(25)16(14)7-12)24-20-6-4-13(2)8-18(20)23(19)26;1-2-8-3(9)4(5,6)7;1-2-3/h2*3-8,10-11H,9H2,1-2H3,(H,24,26);2H2,1H3,(H,8,9);2-3H2,1H3. The van der Waals surface area contributed by atoms with E-state index >= 15 is 0 Å². The van der Waals surface area contributed by atoms with Crippen molar-refractivity contribution in [2.75, 3.05) is 13.1 Å². The molecular weight excluding hydrogens is 867 g/mol. The number of halogens is 3. The highest BCUT2D eigenvalue weighted by Gasteiger charge is 2.30. The van der Waals surface area contributed by atoms with E-state index in [1.807, 2.05) is 132 Å². The second kappa shape index (κ2) is 18.6. The van der Waals surface area contributed by atoms with Crippen molar-refractivity contribution in [3.05, 3.63) is 184 Å². The first-order valence-electron chi connectivity index (χ1n) is 20.9. The van der Waals surface area contributed by atoms with Gasteiger partial charge in [0.05, 0.1) is 11.0 Å². The van der Waals surface area contributed by atoms with Crippen LogP contribution in [0.3, 0.4) is 0 Å². The van der Waals surface area contributed by atoms with Gasteiger partial charge in [-0.15, -0.1) is 0 Å². The van der Waals surface area contributed by atoms with Crippen LogP contribution >= 0.6 is 34.8 Å². The fourth-order valence-corrected chi connectivity index (χ4v) is 8.35. The molecule has 8 aromatic rings. The normalized spacial score (nSPS) is 12.5. The topological polar surface area (TPSA) is 155 Å². The molecule has 1 amide bonds. The van der Waals surface area contributed by atoms with Gasteiger partial charge in [0, 0.05) is 61.4 Å². The Morgan fingerprint density at radius 3 is 1.23 bits per heavy atom. The van der Waals surface area contributed by atoms with Gasteiger partial charge in [-0.25, -0.2) is 0 Å². The summed E-state index contributed by atoms with van der Waals surface area (Å²) in [5.74, 6) is -0.511. The first-order chi connectivity index (χ1) is 30.4. The van der Waals surface area contributed by atoms with E-state index in [1.54, 1.807) is 6.92 Å². The summed E-state index contributed by atoms with van der Waals surface area (Å²) in [6.45, 7) is 12.8. The Hall–Kier alpha value is -6.10. The Balaban J connectivity index is 0.000000154. The van der Waals surface area contributed by atoms with E-state index < -0.39 is 9.70 Å². The molecule has 2 aliphatic rings. The molecule has 0 saturated carbocycles. The first-order valence-corrected chi connectivity index (χ1v) is 22.1. The van der Waals surface area contributed by atoms with Crippen molar-refractivity contribution in [3.8, 4) is 0 Å². The molecule has 0 spiro atoms. The zero-order chi connectivity index (χ0) is 46.2. The lowest BCUT2D eigenvalue weighted by atomic mass is 9.83. The number of aryl methyl sites for hydroxylation is 4. The summed E-state index contributed by atoms with van der Waals surface area (Å²) in [6.07, 6.45) is 1.36. The van der Waals surface area contributed by atoms with Crippen LogP contribution in [-0.4, -0.2) is 44.3 Å². The van der Waals surface area contributed by atoms with Crippen molar-refractivity contribution in [1.29, 1.82) is 0 Å². The minimum atomic E-state index is -1.82. The summed E-state index contributed by atoms with van der Waals surface area (Å²) >= 11 is 15.5. The summed E-state index contributed by atoms with van der Waals surface area (Å²) in [6, 6.07) is 31.1. The zero-order valence-corrected chi connectivity index (χ0v) is 38.6. The minimum Gasteiger partial charge on any atom is -0.354 e. The van der Waals surface area contributed by atoms with Crippen molar-refractivity contribution in [3.63, 3.8) is 0 Å². The number of fused-ring (bicyclic) bond motifs is 8. The molecule has 0 saturated heterocycles. The van der Waals surface area contributed by atoms with Crippen LogP contribution in [0.4, 0.5) is 0 Å². The number of aromatic nitrogens is 2. The van der Waals surface area contributed by atoms with Gasteiger partial charge in [-0.2, -0.15) is 0 Å². The number of carbonyl (C=O) groups excluding carboxylic acids is 3. The molecule has 10 rings (SSSR count). The summed E-state index contributed by atoms with van der Waals surface area (Å²) in [5, 5.41) is 5.02. The summed E-state index contributed by atoms with van der Waals surface area (Å²) in [5.41, 5.74) is 19.0. The van der Waals surface area contributed by atoms with Crippen molar-refractivity contribution >= 4 is 95.9 Å². The van der Waals surface area contributed by atoms with E-state index in [0.717, 1.165) is 84.2 Å². The van der Waals surface area contributed by atoms with Gasteiger partial charge in [0.15, 0.2) is 22.4 Å². The van der Waals surface area contributed by atoms with Gasteiger partial charge in [0.2, 0.25) is 0 Å². The SMILES string of the molecule is CCN.CCNC(=O)C(Cl)(Cl)Cl.Cc1ccc2c(c1)C(=O)c1cc3[nH]c4ccc(C)cc4c(=O)c3cc1C2.Cc1ccc2c(c1)C(=O)c1cc3[nH]c4ccc(C)cc4c(=O)c3cc1C2. The molecule has 2 aromatic heterocycles. The van der Waals surface area contributed by atoms with Gasteiger partial charge in [0.1, 0.15) is 0 Å². The zero-order valence-electron chi connectivity index (χ0n) is 36.3. The van der Waals surface area contributed by atoms with E-state index in [-0.39, 0.29) is 22.4 Å². The fourth-order valence-electron chi connectivity index (χ4n) is 8.15. The van der Waals surface area contributed by atoms with E-state index in [2.05, 4.69) is 15.3 Å². The molecule has 326 valence electrons. The van der Waals surface area contributed by atoms with E-state index in [4.69, 9.17) is 40.5 Å². The second-order valence-corrected chi connectivity index (χ2v) is 18.5. The summed E-state index contributed by atoms with van der Waals surface area (Å²) in [4.78, 5) is 69.2. The lowest BCUT2D eigenvalue weighted by molar-refractivity contribution is -0.120. The molecule has 2 heterocycles. The molecule has 0 radical (unpaired) electrons. The number of nitrogens with one attached hydrogen (secondary N) is 3. The fraction of sp³-hybridized carbons (Fsp3) is 0.212. The number of alkyl halides is 3. The van der Waals surface area contributed by atoms with E-state index in [1.165, 1.54) is 0 Å². The Kier molecular flexibility index (Phi) is 13.3. The van der Waals surface area contributed by atoms with Gasteiger partial charge >= 0.3 is 0 Å². The van der Waals surface area contributed by atoms with Gasteiger partial charge in [-0.3, -0.25) is 24.0 Å². The third-order valence-electron chi connectivity index (χ3n) is 11.2. The predicted molar refractivity (Wildman–Crippen MR) is 262 cm³/mol. The van der Waals surface area contributed by atoms with E-state index in [0.29, 0.717) is 52.1 Å². The van der Waals surface area contributed by atoms with Crippen molar-refractivity contribution in [1.82, 2.24) is 15.3 Å². The number of amides is 1. The monoisotopic (exact) mass is 912 g/mol. The minimum absolute atomic E-state index is 0.0161. The molecule has 0 bridgehead atoms. The molecule has 6 aromatic carbocycles. The van der Waals surface area contributed by atoms with Crippen LogP contribution in [0, 0.1) is 27.7 Å². The number of hydrogen-bond donors (Lipinski definition) is 4. The average molecular weight is 914 g/mol. The van der Waals surface area contributed by atoms with Crippen LogP contribution < -0.4 is 21.9 Å². The average Bonchev–Trinajstić information content (AvgIpc) is 3.25. The van der Waals surface area contributed by atoms with Gasteiger partial charge < -0.3 is 21.0 Å². The molecule has 64 heavy (non-hydrogen) atoms. The third kappa shape index (κ3) is 9.26. The predicted octanol–water partition coefficient (Wildman–Crippen LogP) is 10.3. The van der Waals surface area contributed by atoms with Crippen molar-refractivity contribution < 1.29 is 14.4 Å². The number of H-pyrrole nitrogens is 2. The Bertz CT molecular complexity index is 3120. The summed E-state index contributed by atoms with van der Waals surface area (Å²) in [7, 11) is 0. The molecule has 12 heteroatoms. The number of benzene rings is 6. The number of pyridine rings is 2. The molecular formula is C52H47Cl3N4O5. The number of nitrogens with two attached hydrogens (primary N) is 1. The van der Waals surface area contributed by atoms with Crippen LogP contribution in [0.15, 0.2) is 107 Å². The van der Waals surface area contributed by atoms with Crippen molar-refractivity contribution in [2.24, 2.45) is 5.73 Å². The number of ketones is 2. The lowest BCUT2D eigenvalue weighted by Crippen LogP contribution is -2.34. The van der Waals surface area contributed by atoms with Gasteiger partial charge in [-0.05, 0) is 137 Å². The molecule has 9 nitrogen and oxygen atoms in total. The molecule has 0 fully saturated rings. The maximum Gasteiger partial charge on any atom is 0.272 e. The maximum absolute atomic E-state index is 13.0. The van der Waals surface area contributed by atoms with Crippen molar-refractivity contribution in [2.45, 2.75) is 58.2 Å². The second-order valence-electron chi connectivity index (χ2n) is 16.2. The molecule has 0 atom stereocenters. The van der Waals surface area contributed by atoms with Crippen LogP contribution in [0.2, 0.25) is 0 Å². The lowest BCUT2D eigenvalue weighted by Gasteiger charge is -2.19. The molecule has 5 N–H and O–H groups in total. The smallest absolute Gasteiger partial charge is 0.272 e. The highest BCUT2D eigenvalue weighted by atomic mass is 35.6. The maximum atomic E-state index is 13.0. The van der Waals surface area contributed by atoms with Crippen LogP contribution in [0.25, 0.3) is 43.6 Å². The molecule has 0 unspecified atom stereocenters. The third-order valence-corrected chi connectivity index (χ3v) is 11.7. The quantitative estimate of drug-likeness (QED) is 0.0950. The van der Waals surface area contributed by atoms with Crippen LogP contribution in [-0.2, 0) is 17.6 Å². The molecule has 2 aliphatic carbocycles. The van der Waals surface area contributed by atoms with Crippen LogP contribution in [0.5, 0.6) is 0 Å². The highest BCUT2D eigenvalue weighted by Crippen LogP contribution is 2.32. The highest BCUT2D eigenvalue weighted by molar-refractivity contribution is 6.76. The number of carbonyl (C=O) groups is 3. The van der Waals surface area contributed by atoms with Crippen LogP contribution in [0.1, 0.15) is 90.2 Å². The Morgan fingerprint density at radius 2 is 0.875 bits per heavy atom. The Labute approximate surface area is 384 Å². The first kappa shape index (κ1) is 45.9. The number of hydrogen-bond acceptors (Lipinski definition) is 6. The number of rotatable bonds is 1. The van der Waals surface area contributed by atoms with E-state index in [9.17, 15) is 24.0 Å². The largest absolute Gasteiger partial charge is 0.354 e. The molecule has 0 aliphatic heterocycles. The summed E-state index contributed by atoms with van der Waals surface area (Å²) < 4.78 is -1.82. The number of aromatic amines is 2. The van der Waals surface area contributed by atoms with Gasteiger partial charge in [-0.1, -0.05) is 100 Å². The Morgan fingerprint density at radius 1 is 0.531 bits per heavy atom.